The summed E-state index contributed by atoms with van der Waals surface area (Å²) in [6, 6.07) is -0.0438. The Morgan fingerprint density at radius 2 is 2.12 bits per heavy atom. The van der Waals surface area contributed by atoms with Crippen LogP contribution in [0.5, 0.6) is 0 Å². The van der Waals surface area contributed by atoms with Crippen molar-refractivity contribution in [2.45, 2.75) is 45.8 Å². The third-order valence-electron chi connectivity index (χ3n) is 3.12. The molecule has 0 aliphatic carbocycles. The molecular weight excluding hydrogens is 236 g/mol. The lowest BCUT2D eigenvalue weighted by Crippen LogP contribution is -2.43. The molecular formula is C12H24N2O2S. The standard InChI is InChI=1S/C12H24N2O2S/c1-5-6-10-12(15)14(7-8-17(4)16)11(13-10)9(2)3/h9-11,13H,5-8H2,1-4H3. The third kappa shape index (κ3) is 3.78. The SMILES string of the molecule is CCCC1NC(C(C)C)N(CCS(C)=O)C1=O. The molecule has 0 saturated carbocycles. The first-order valence-corrected chi connectivity index (χ1v) is 8.06. The predicted octanol–water partition coefficient (Wildman–Crippen LogP) is 0.948. The maximum absolute atomic E-state index is 12.2. The number of hydrogen-bond donors (Lipinski definition) is 1. The van der Waals surface area contributed by atoms with Crippen LogP contribution < -0.4 is 5.32 Å². The minimum Gasteiger partial charge on any atom is -0.325 e. The van der Waals surface area contributed by atoms with Crippen molar-refractivity contribution in [1.82, 2.24) is 10.2 Å². The van der Waals surface area contributed by atoms with Crippen LogP contribution in [-0.2, 0) is 15.6 Å². The highest BCUT2D eigenvalue weighted by atomic mass is 32.2. The molecule has 0 aromatic heterocycles. The van der Waals surface area contributed by atoms with Crippen molar-refractivity contribution >= 4 is 16.7 Å². The second-order valence-electron chi connectivity index (χ2n) is 5.01. The first-order chi connectivity index (χ1) is 7.97. The molecule has 1 N–H and O–H groups in total. The van der Waals surface area contributed by atoms with Crippen LogP contribution in [0.3, 0.4) is 0 Å². The summed E-state index contributed by atoms with van der Waals surface area (Å²) in [5.74, 6) is 1.12. The van der Waals surface area contributed by atoms with Gasteiger partial charge in [-0.3, -0.25) is 14.3 Å². The zero-order valence-corrected chi connectivity index (χ0v) is 12.0. The Morgan fingerprint density at radius 1 is 1.47 bits per heavy atom. The Morgan fingerprint density at radius 3 is 2.59 bits per heavy atom. The lowest BCUT2D eigenvalue weighted by molar-refractivity contribution is -0.130. The molecule has 0 spiro atoms. The number of hydrogen-bond acceptors (Lipinski definition) is 3. The van der Waals surface area contributed by atoms with E-state index in [9.17, 15) is 9.00 Å². The lowest BCUT2D eigenvalue weighted by Gasteiger charge is -2.26. The fourth-order valence-electron chi connectivity index (χ4n) is 2.23. The molecule has 4 nitrogen and oxygen atoms in total. The van der Waals surface area contributed by atoms with Crippen molar-refractivity contribution in [2.75, 3.05) is 18.6 Å². The number of amides is 1. The Balaban J connectivity index is 2.68. The summed E-state index contributed by atoms with van der Waals surface area (Å²) in [6.45, 7) is 6.89. The Kier molecular flexibility index (Phi) is 5.59. The van der Waals surface area contributed by atoms with Gasteiger partial charge in [0.1, 0.15) is 0 Å². The van der Waals surface area contributed by atoms with Gasteiger partial charge in [0.2, 0.25) is 5.91 Å². The van der Waals surface area contributed by atoms with Gasteiger partial charge in [-0.05, 0) is 12.3 Å². The quantitative estimate of drug-likeness (QED) is 0.773. The van der Waals surface area contributed by atoms with Crippen LogP contribution in [0.15, 0.2) is 0 Å². The van der Waals surface area contributed by atoms with Gasteiger partial charge in [-0.15, -0.1) is 0 Å². The van der Waals surface area contributed by atoms with Crippen LogP contribution in [0.2, 0.25) is 0 Å². The van der Waals surface area contributed by atoms with Crippen LogP contribution >= 0.6 is 0 Å². The summed E-state index contributed by atoms with van der Waals surface area (Å²) in [4.78, 5) is 14.1. The van der Waals surface area contributed by atoms with E-state index >= 15 is 0 Å². The Hall–Kier alpha value is -0.420. The third-order valence-corrected chi connectivity index (χ3v) is 3.87. The minimum absolute atomic E-state index is 0.0438. The van der Waals surface area contributed by atoms with Crippen molar-refractivity contribution in [3.63, 3.8) is 0 Å². The number of carbonyl (C=O) groups excluding carboxylic acids is 1. The first-order valence-electron chi connectivity index (χ1n) is 6.34. The zero-order chi connectivity index (χ0) is 13.0. The predicted molar refractivity (Wildman–Crippen MR) is 71.1 cm³/mol. The second-order valence-corrected chi connectivity index (χ2v) is 6.56. The van der Waals surface area contributed by atoms with Gasteiger partial charge in [-0.1, -0.05) is 27.2 Å². The smallest absolute Gasteiger partial charge is 0.241 e. The van der Waals surface area contributed by atoms with E-state index in [0.29, 0.717) is 18.2 Å². The average molecular weight is 260 g/mol. The summed E-state index contributed by atoms with van der Waals surface area (Å²) in [5.41, 5.74) is 0. The monoisotopic (exact) mass is 260 g/mol. The molecule has 5 heteroatoms. The van der Waals surface area contributed by atoms with E-state index in [2.05, 4.69) is 26.1 Å². The van der Waals surface area contributed by atoms with E-state index in [4.69, 9.17) is 0 Å². The zero-order valence-electron chi connectivity index (χ0n) is 11.2. The van der Waals surface area contributed by atoms with Gasteiger partial charge >= 0.3 is 0 Å². The number of rotatable bonds is 6. The molecule has 3 unspecified atom stereocenters. The first kappa shape index (κ1) is 14.6. The van der Waals surface area contributed by atoms with Crippen LogP contribution in [0, 0.1) is 5.92 Å². The fraction of sp³-hybridized carbons (Fsp3) is 0.917. The van der Waals surface area contributed by atoms with Crippen molar-refractivity contribution in [2.24, 2.45) is 5.92 Å². The fourth-order valence-corrected chi connectivity index (χ4v) is 2.68. The van der Waals surface area contributed by atoms with Crippen LogP contribution in [-0.4, -0.2) is 45.8 Å². The van der Waals surface area contributed by atoms with Gasteiger partial charge in [0.05, 0.1) is 12.2 Å². The van der Waals surface area contributed by atoms with Crippen LogP contribution in [0.25, 0.3) is 0 Å². The van der Waals surface area contributed by atoms with E-state index in [0.717, 1.165) is 12.8 Å². The van der Waals surface area contributed by atoms with E-state index in [1.165, 1.54) is 0 Å². The number of carbonyl (C=O) groups is 1. The molecule has 1 heterocycles. The van der Waals surface area contributed by atoms with Crippen LogP contribution in [0.4, 0.5) is 0 Å². The normalized spacial score (nSPS) is 26.9. The van der Waals surface area contributed by atoms with E-state index < -0.39 is 10.8 Å². The number of nitrogens with zero attached hydrogens (tertiary/aromatic N) is 1. The summed E-state index contributed by atoms with van der Waals surface area (Å²) in [6.07, 6.45) is 3.67. The number of nitrogens with one attached hydrogen (secondary N) is 1. The maximum Gasteiger partial charge on any atom is 0.241 e. The molecule has 3 atom stereocenters. The summed E-state index contributed by atoms with van der Waals surface area (Å²) >= 11 is 0. The molecule has 0 aromatic carbocycles. The summed E-state index contributed by atoms with van der Waals surface area (Å²) in [5, 5.41) is 3.39. The van der Waals surface area contributed by atoms with Gasteiger partial charge in [-0.25, -0.2) is 0 Å². The topological polar surface area (TPSA) is 49.4 Å². The molecule has 0 aromatic rings. The van der Waals surface area contributed by atoms with Crippen molar-refractivity contribution in [1.29, 1.82) is 0 Å². The average Bonchev–Trinajstić information content (AvgIpc) is 2.54. The molecule has 0 radical (unpaired) electrons. The summed E-state index contributed by atoms with van der Waals surface area (Å²) < 4.78 is 11.1. The van der Waals surface area contributed by atoms with E-state index in [1.807, 2.05) is 4.90 Å². The molecule has 1 aliphatic rings. The van der Waals surface area contributed by atoms with Crippen molar-refractivity contribution < 1.29 is 9.00 Å². The highest BCUT2D eigenvalue weighted by Crippen LogP contribution is 2.19. The van der Waals surface area contributed by atoms with Gasteiger partial charge in [0, 0.05) is 29.4 Å². The Bertz CT molecular complexity index is 294. The van der Waals surface area contributed by atoms with E-state index in [-0.39, 0.29) is 18.1 Å². The second kappa shape index (κ2) is 6.50. The lowest BCUT2D eigenvalue weighted by atomic mass is 10.1. The summed E-state index contributed by atoms with van der Waals surface area (Å²) in [7, 11) is -0.841. The molecule has 100 valence electrons. The molecule has 0 bridgehead atoms. The van der Waals surface area contributed by atoms with Gasteiger partial charge in [-0.2, -0.15) is 0 Å². The van der Waals surface area contributed by atoms with Gasteiger partial charge in [0.15, 0.2) is 0 Å². The van der Waals surface area contributed by atoms with Crippen LogP contribution in [0.1, 0.15) is 33.6 Å². The van der Waals surface area contributed by atoms with Crippen molar-refractivity contribution in [3.05, 3.63) is 0 Å². The van der Waals surface area contributed by atoms with Crippen molar-refractivity contribution in [3.8, 4) is 0 Å². The van der Waals surface area contributed by atoms with Gasteiger partial charge in [0.25, 0.3) is 0 Å². The highest BCUT2D eigenvalue weighted by molar-refractivity contribution is 7.84. The molecule has 1 fully saturated rings. The minimum atomic E-state index is -0.841. The molecule has 1 amide bonds. The molecule has 1 saturated heterocycles. The Labute approximate surface area is 107 Å². The van der Waals surface area contributed by atoms with Gasteiger partial charge < -0.3 is 4.90 Å². The molecule has 1 aliphatic heterocycles. The largest absolute Gasteiger partial charge is 0.325 e. The molecule has 17 heavy (non-hydrogen) atoms. The molecule has 1 rings (SSSR count). The van der Waals surface area contributed by atoms with E-state index in [1.54, 1.807) is 6.26 Å². The highest BCUT2D eigenvalue weighted by Gasteiger charge is 2.39. The maximum atomic E-state index is 12.2.